The van der Waals surface area contributed by atoms with E-state index in [1.54, 1.807) is 0 Å². The molecule has 16 aromatic rings. The summed E-state index contributed by atoms with van der Waals surface area (Å²) in [5.74, 6) is 0.445. The monoisotopic (exact) mass is 1110 g/mol. The second-order valence-corrected chi connectivity index (χ2v) is 23.3. The number of allylic oxidation sites excluding steroid dienone is 3. The molecule has 0 fully saturated rings. The van der Waals surface area contributed by atoms with E-state index in [1.165, 1.54) is 75.6 Å². The highest BCUT2D eigenvalue weighted by molar-refractivity contribution is 6.15. The summed E-state index contributed by atoms with van der Waals surface area (Å²) >= 11 is 0. The first-order valence-electron chi connectivity index (χ1n) is 30.1. The smallest absolute Gasteiger partial charge is 0.0542 e. The zero-order valence-corrected chi connectivity index (χ0v) is 47.5. The van der Waals surface area contributed by atoms with Crippen LogP contribution in [0.2, 0.25) is 0 Å². The van der Waals surface area contributed by atoms with Gasteiger partial charge in [-0.15, -0.1) is 0 Å². The first-order valence-corrected chi connectivity index (χ1v) is 30.1. The predicted molar refractivity (Wildman–Crippen MR) is 367 cm³/mol. The fourth-order valence-electron chi connectivity index (χ4n) is 14.4. The first kappa shape index (κ1) is 49.1. The lowest BCUT2D eigenvalue weighted by Gasteiger charge is -2.32. The molecule has 408 valence electrons. The van der Waals surface area contributed by atoms with Crippen molar-refractivity contribution in [2.45, 2.75) is 0 Å². The Labute approximate surface area is 502 Å². The number of rotatable bonds is 9. The van der Waals surface area contributed by atoms with Gasteiger partial charge in [-0.25, -0.2) is 0 Å². The zero-order valence-electron chi connectivity index (χ0n) is 47.5. The van der Waals surface area contributed by atoms with Crippen LogP contribution in [0.3, 0.4) is 0 Å². The summed E-state index contributed by atoms with van der Waals surface area (Å²) in [5.41, 5.74) is 16.9. The largest absolute Gasteiger partial charge is 0.311 e. The van der Waals surface area contributed by atoms with Crippen molar-refractivity contribution in [2.24, 2.45) is 11.8 Å². The molecule has 3 heterocycles. The lowest BCUT2D eigenvalue weighted by atomic mass is 9.82. The average Bonchev–Trinajstić information content (AvgIpc) is 4.40. The molecule has 2 atom stereocenters. The minimum Gasteiger partial charge on any atom is -0.311 e. The number of fused-ring (bicyclic) bond motifs is 13. The van der Waals surface area contributed by atoms with Gasteiger partial charge in [0.25, 0.3) is 0 Å². The molecular weight excluding hydrogens is 1050 g/mol. The van der Waals surface area contributed by atoms with Crippen LogP contribution in [0.15, 0.2) is 315 Å². The molecule has 0 aliphatic heterocycles. The Morgan fingerprint density at radius 3 is 1.09 bits per heavy atom. The Bertz CT molecular complexity index is 5670. The van der Waals surface area contributed by atoms with Crippen LogP contribution in [0, 0.1) is 11.8 Å². The Balaban J connectivity index is 0.868. The van der Waals surface area contributed by atoms with Crippen molar-refractivity contribution in [1.29, 1.82) is 0 Å². The van der Waals surface area contributed by atoms with Crippen molar-refractivity contribution in [3.05, 3.63) is 326 Å². The summed E-state index contributed by atoms with van der Waals surface area (Å²) in [4.78, 5) is 4.96. The summed E-state index contributed by atoms with van der Waals surface area (Å²) in [6, 6.07) is 107. The lowest BCUT2D eigenvalue weighted by molar-refractivity contribution is 0.714. The van der Waals surface area contributed by atoms with Crippen molar-refractivity contribution in [1.82, 2.24) is 13.7 Å². The van der Waals surface area contributed by atoms with E-state index in [1.807, 2.05) is 0 Å². The van der Waals surface area contributed by atoms with E-state index in [4.69, 9.17) is 0 Å². The van der Waals surface area contributed by atoms with Gasteiger partial charge >= 0.3 is 0 Å². The van der Waals surface area contributed by atoms with Crippen LogP contribution in [0.1, 0.15) is 0 Å². The van der Waals surface area contributed by atoms with Gasteiger partial charge in [-0.3, -0.25) is 0 Å². The fourth-order valence-corrected chi connectivity index (χ4v) is 14.4. The van der Waals surface area contributed by atoms with Crippen molar-refractivity contribution < 1.29 is 0 Å². The molecule has 2 unspecified atom stereocenters. The van der Waals surface area contributed by atoms with Gasteiger partial charge in [0.05, 0.1) is 33.1 Å². The Hall–Kier alpha value is -11.4. The summed E-state index contributed by atoms with van der Waals surface area (Å²) < 4.78 is 7.24. The fraction of sp³-hybridized carbons (Fsp3) is 0.0244. The summed E-state index contributed by atoms with van der Waals surface area (Å²) in [6.45, 7) is 0. The van der Waals surface area contributed by atoms with E-state index in [-0.39, 0.29) is 11.8 Å². The molecular formula is C82H55N5. The highest BCUT2D eigenvalue weighted by Gasteiger charge is 2.27. The molecule has 0 saturated carbocycles. The predicted octanol–water partition coefficient (Wildman–Crippen LogP) is 19.9. The van der Waals surface area contributed by atoms with Gasteiger partial charge in [-0.2, -0.15) is 0 Å². The molecule has 0 spiro atoms. The van der Waals surface area contributed by atoms with Gasteiger partial charge in [0, 0.05) is 95.3 Å². The Morgan fingerprint density at radius 2 is 0.598 bits per heavy atom. The van der Waals surface area contributed by atoms with Crippen LogP contribution in [0.25, 0.3) is 116 Å². The summed E-state index contributed by atoms with van der Waals surface area (Å²) in [5, 5.41) is 14.6. The summed E-state index contributed by atoms with van der Waals surface area (Å²) in [7, 11) is 0. The molecule has 87 heavy (non-hydrogen) atoms. The number of benzene rings is 13. The zero-order chi connectivity index (χ0) is 57.1. The molecule has 2 aliphatic rings. The van der Waals surface area contributed by atoms with E-state index in [0.717, 1.165) is 73.0 Å². The highest BCUT2D eigenvalue weighted by atomic mass is 15.2. The van der Waals surface area contributed by atoms with Gasteiger partial charge in [0.1, 0.15) is 0 Å². The molecule has 5 heteroatoms. The molecule has 3 aromatic heterocycles. The van der Waals surface area contributed by atoms with Crippen LogP contribution in [-0.4, -0.2) is 13.7 Å². The van der Waals surface area contributed by atoms with Crippen LogP contribution >= 0.6 is 0 Å². The number of hydrogen-bond acceptors (Lipinski definition) is 2. The van der Waals surface area contributed by atoms with Gasteiger partial charge in [0.2, 0.25) is 0 Å². The highest BCUT2D eigenvalue weighted by Crippen LogP contribution is 2.46. The van der Waals surface area contributed by atoms with E-state index >= 15 is 0 Å². The molecule has 0 amide bonds. The standard InChI is InChI=1S/C82H55N5/c1-4-22-62(23-5-1)85-77-30-16-14-28-71(77)73-50-67(36-40-79(73)85)83(65-34-32-58-44-54-18-10-12-20-56(54)46-60(58)48-65)69-38-42-81-75(52-69)76-53-70(39-43-82(76)87(81)64-26-8-3-9-27-64)84(66-35-33-59-45-55-19-11-13-21-57(55)47-61(59)49-66)68-37-41-80-74(51-68)72-29-15-17-31-78(72)86(80)63-24-6-2-7-25-63/h1-53,58,60H. The third-order valence-corrected chi connectivity index (χ3v) is 18.4. The summed E-state index contributed by atoms with van der Waals surface area (Å²) in [6.07, 6.45) is 12.1. The number of anilines is 5. The van der Waals surface area contributed by atoms with Gasteiger partial charge in [-0.05, 0) is 184 Å². The maximum absolute atomic E-state index is 2.50. The Morgan fingerprint density at radius 1 is 0.241 bits per heavy atom. The van der Waals surface area contributed by atoms with E-state index < -0.39 is 0 Å². The number of hydrogen-bond donors (Lipinski definition) is 0. The second kappa shape index (κ2) is 19.6. The van der Waals surface area contributed by atoms with E-state index in [2.05, 4.69) is 345 Å². The molecule has 0 saturated heterocycles. The lowest BCUT2D eigenvalue weighted by Crippen LogP contribution is -2.33. The SMILES string of the molecule is C1=CC2C=c3ccccc3=CC2C=C1N(c1ccc2c(c1)c1ccccc1n2-c1ccccc1)c1ccc2c(c1)c1cc(N(c3ccc4cc5ccccc5cc4c3)c3ccc4c(c3)c3ccccc3n4-c3ccccc3)ccc1n2-c1ccccc1. The van der Waals surface area contributed by atoms with Crippen LogP contribution in [0.4, 0.5) is 28.4 Å². The van der Waals surface area contributed by atoms with Gasteiger partial charge in [-0.1, -0.05) is 170 Å². The number of nitrogens with zero attached hydrogens (tertiary/aromatic N) is 5. The maximum atomic E-state index is 2.50. The average molecular weight is 1110 g/mol. The molecule has 13 aromatic carbocycles. The van der Waals surface area contributed by atoms with Gasteiger partial charge < -0.3 is 23.5 Å². The third-order valence-electron chi connectivity index (χ3n) is 18.4. The van der Waals surface area contributed by atoms with Crippen LogP contribution in [0.5, 0.6) is 0 Å². The normalized spacial score (nSPS) is 14.6. The number of aromatic nitrogens is 3. The Kier molecular flexibility index (Phi) is 11.1. The molecule has 5 nitrogen and oxygen atoms in total. The molecule has 2 aliphatic carbocycles. The quantitative estimate of drug-likeness (QED) is 0.134. The topological polar surface area (TPSA) is 21.3 Å². The molecule has 18 rings (SSSR count). The molecule has 0 N–H and O–H groups in total. The third kappa shape index (κ3) is 7.94. The minimum absolute atomic E-state index is 0.186. The van der Waals surface area contributed by atoms with Crippen molar-refractivity contribution >= 4 is 128 Å². The van der Waals surface area contributed by atoms with E-state index in [0.29, 0.717) is 0 Å². The number of para-hydroxylation sites is 5. The minimum atomic E-state index is 0.186. The van der Waals surface area contributed by atoms with Crippen molar-refractivity contribution in [3.63, 3.8) is 0 Å². The molecule has 0 bridgehead atoms. The van der Waals surface area contributed by atoms with Gasteiger partial charge in [0.15, 0.2) is 0 Å². The molecule has 0 radical (unpaired) electrons. The van der Waals surface area contributed by atoms with E-state index in [9.17, 15) is 0 Å². The van der Waals surface area contributed by atoms with Crippen molar-refractivity contribution in [3.8, 4) is 17.1 Å². The van der Waals surface area contributed by atoms with Crippen molar-refractivity contribution in [2.75, 3.05) is 9.80 Å². The first-order chi connectivity index (χ1) is 43.1. The maximum Gasteiger partial charge on any atom is 0.0542 e. The van der Waals surface area contributed by atoms with Crippen LogP contribution < -0.4 is 20.2 Å². The van der Waals surface area contributed by atoms with Crippen LogP contribution in [-0.2, 0) is 0 Å². The second-order valence-electron chi connectivity index (χ2n) is 23.3.